The van der Waals surface area contributed by atoms with Crippen LogP contribution in [0.5, 0.6) is 0 Å². The third-order valence-corrected chi connectivity index (χ3v) is 6.57. The molecule has 1 fully saturated rings. The second-order valence-corrected chi connectivity index (χ2v) is 7.94. The number of aromatic nitrogens is 1. The molecular weight excluding hydrogens is 314 g/mol. The van der Waals surface area contributed by atoms with Crippen LogP contribution in [0, 0.1) is 13.8 Å². The standard InChI is InChI=1S/C16H19N3O3S/c1-11-16(12(2)22-17-11)23(20,21)19-10-9-18(13-7-8-13)14-5-3-4-6-15(14)19/h3-6,13H,7-10H2,1-2H3. The summed E-state index contributed by atoms with van der Waals surface area (Å²) in [7, 11) is -3.67. The predicted molar refractivity (Wildman–Crippen MR) is 87.3 cm³/mol. The van der Waals surface area contributed by atoms with Crippen molar-refractivity contribution in [1.82, 2.24) is 5.16 Å². The highest BCUT2D eigenvalue weighted by Gasteiger charge is 2.39. The maximum Gasteiger partial charge on any atom is 0.269 e. The zero-order chi connectivity index (χ0) is 16.2. The zero-order valence-corrected chi connectivity index (χ0v) is 14.0. The van der Waals surface area contributed by atoms with E-state index in [4.69, 9.17) is 4.52 Å². The van der Waals surface area contributed by atoms with Gasteiger partial charge in [-0.05, 0) is 38.8 Å². The first kappa shape index (κ1) is 14.6. The lowest BCUT2D eigenvalue weighted by molar-refractivity contribution is 0.390. The number of nitrogens with zero attached hydrogens (tertiary/aromatic N) is 3. The van der Waals surface area contributed by atoms with E-state index in [2.05, 4.69) is 10.1 Å². The minimum Gasteiger partial charge on any atom is -0.365 e. The van der Waals surface area contributed by atoms with Gasteiger partial charge in [-0.2, -0.15) is 0 Å². The molecule has 122 valence electrons. The molecule has 2 aliphatic rings. The minimum atomic E-state index is -3.67. The lowest BCUT2D eigenvalue weighted by Crippen LogP contribution is -2.45. The fourth-order valence-electron chi connectivity index (χ4n) is 3.33. The molecule has 0 unspecified atom stereocenters. The van der Waals surface area contributed by atoms with Crippen LogP contribution in [0.4, 0.5) is 11.4 Å². The maximum absolute atomic E-state index is 13.2. The van der Waals surface area contributed by atoms with E-state index < -0.39 is 10.0 Å². The van der Waals surface area contributed by atoms with E-state index in [1.165, 1.54) is 17.1 Å². The van der Waals surface area contributed by atoms with Gasteiger partial charge in [0.25, 0.3) is 10.0 Å². The van der Waals surface area contributed by atoms with Crippen molar-refractivity contribution in [2.45, 2.75) is 37.6 Å². The summed E-state index contributed by atoms with van der Waals surface area (Å²) in [4.78, 5) is 2.52. The molecule has 2 heterocycles. The first-order valence-corrected chi connectivity index (χ1v) is 9.25. The Hall–Kier alpha value is -2.02. The van der Waals surface area contributed by atoms with E-state index >= 15 is 0 Å². The largest absolute Gasteiger partial charge is 0.365 e. The normalized spacial score (nSPS) is 18.2. The Balaban J connectivity index is 1.82. The summed E-state index contributed by atoms with van der Waals surface area (Å²) in [6.45, 7) is 4.46. The van der Waals surface area contributed by atoms with E-state index in [1.807, 2.05) is 24.3 Å². The Kier molecular flexibility index (Phi) is 3.16. The van der Waals surface area contributed by atoms with E-state index in [-0.39, 0.29) is 4.90 Å². The fourth-order valence-corrected chi connectivity index (χ4v) is 5.09. The average molecular weight is 333 g/mol. The fraction of sp³-hybridized carbons (Fsp3) is 0.438. The van der Waals surface area contributed by atoms with Gasteiger partial charge in [-0.15, -0.1) is 0 Å². The van der Waals surface area contributed by atoms with Crippen molar-refractivity contribution in [3.63, 3.8) is 0 Å². The smallest absolute Gasteiger partial charge is 0.269 e. The Bertz CT molecular complexity index is 836. The van der Waals surface area contributed by atoms with Crippen LogP contribution in [0.15, 0.2) is 33.7 Å². The molecule has 0 bridgehead atoms. The molecular formula is C16H19N3O3S. The summed E-state index contributed by atoms with van der Waals surface area (Å²) >= 11 is 0. The van der Waals surface area contributed by atoms with Crippen LogP contribution >= 0.6 is 0 Å². The Morgan fingerprint density at radius 1 is 1.13 bits per heavy atom. The molecule has 0 N–H and O–H groups in total. The first-order chi connectivity index (χ1) is 11.0. The number of anilines is 2. The molecule has 4 rings (SSSR count). The van der Waals surface area contributed by atoms with Gasteiger partial charge < -0.3 is 9.42 Å². The molecule has 1 saturated carbocycles. The second kappa shape index (κ2) is 4.99. The van der Waals surface area contributed by atoms with Gasteiger partial charge in [0.2, 0.25) is 0 Å². The number of para-hydroxylation sites is 2. The Morgan fingerprint density at radius 3 is 2.43 bits per heavy atom. The maximum atomic E-state index is 13.2. The van der Waals surface area contributed by atoms with Gasteiger partial charge in [-0.1, -0.05) is 17.3 Å². The van der Waals surface area contributed by atoms with Gasteiger partial charge in [0.05, 0.1) is 17.9 Å². The van der Waals surface area contributed by atoms with Crippen LogP contribution in [0.1, 0.15) is 24.3 Å². The van der Waals surface area contributed by atoms with E-state index in [0.29, 0.717) is 30.6 Å². The topological polar surface area (TPSA) is 66.7 Å². The highest BCUT2D eigenvalue weighted by atomic mass is 32.2. The second-order valence-electron chi connectivity index (χ2n) is 6.14. The van der Waals surface area contributed by atoms with Crippen LogP contribution < -0.4 is 9.21 Å². The molecule has 0 radical (unpaired) electrons. The molecule has 0 saturated heterocycles. The molecule has 7 heteroatoms. The van der Waals surface area contributed by atoms with Gasteiger partial charge >= 0.3 is 0 Å². The van der Waals surface area contributed by atoms with Crippen molar-refractivity contribution in [2.24, 2.45) is 0 Å². The van der Waals surface area contributed by atoms with Gasteiger partial charge in [0.15, 0.2) is 10.7 Å². The summed E-state index contributed by atoms with van der Waals surface area (Å²) in [5, 5.41) is 3.80. The van der Waals surface area contributed by atoms with E-state index in [9.17, 15) is 8.42 Å². The van der Waals surface area contributed by atoms with Crippen LogP contribution in [-0.2, 0) is 10.0 Å². The molecule has 2 aromatic rings. The zero-order valence-electron chi connectivity index (χ0n) is 13.2. The molecule has 1 aliphatic carbocycles. The number of fused-ring (bicyclic) bond motifs is 1. The summed E-state index contributed by atoms with van der Waals surface area (Å²) in [6.07, 6.45) is 2.37. The molecule has 0 amide bonds. The van der Waals surface area contributed by atoms with Crippen molar-refractivity contribution in [2.75, 3.05) is 22.3 Å². The van der Waals surface area contributed by atoms with Crippen molar-refractivity contribution in [1.29, 1.82) is 0 Å². The summed E-state index contributed by atoms with van der Waals surface area (Å²) in [5.74, 6) is 0.338. The summed E-state index contributed by atoms with van der Waals surface area (Å²) in [6, 6.07) is 8.27. The first-order valence-electron chi connectivity index (χ1n) is 7.81. The van der Waals surface area contributed by atoms with Crippen molar-refractivity contribution < 1.29 is 12.9 Å². The molecule has 23 heavy (non-hydrogen) atoms. The number of hydrogen-bond acceptors (Lipinski definition) is 5. The van der Waals surface area contributed by atoms with Crippen molar-refractivity contribution in [3.8, 4) is 0 Å². The summed E-state index contributed by atoms with van der Waals surface area (Å²) in [5.41, 5.74) is 2.15. The minimum absolute atomic E-state index is 0.187. The predicted octanol–water partition coefficient (Wildman–Crippen LogP) is 2.47. The van der Waals surface area contributed by atoms with Crippen molar-refractivity contribution in [3.05, 3.63) is 35.7 Å². The number of rotatable bonds is 3. The summed E-state index contributed by atoms with van der Waals surface area (Å²) < 4.78 is 32.9. The molecule has 1 aromatic carbocycles. The number of aryl methyl sites for hydroxylation is 2. The Labute approximate surface area is 135 Å². The van der Waals surface area contributed by atoms with Gasteiger partial charge in [0.1, 0.15) is 5.69 Å². The monoisotopic (exact) mass is 333 g/mol. The van der Waals surface area contributed by atoms with Gasteiger partial charge in [-0.3, -0.25) is 4.31 Å². The molecule has 0 atom stereocenters. The van der Waals surface area contributed by atoms with Gasteiger partial charge in [0, 0.05) is 12.6 Å². The van der Waals surface area contributed by atoms with Gasteiger partial charge in [-0.25, -0.2) is 8.42 Å². The molecule has 1 aromatic heterocycles. The van der Waals surface area contributed by atoms with Crippen LogP contribution in [-0.4, -0.2) is 32.7 Å². The Morgan fingerprint density at radius 2 is 1.83 bits per heavy atom. The lowest BCUT2D eigenvalue weighted by Gasteiger charge is -2.38. The molecule has 0 spiro atoms. The number of sulfonamides is 1. The van der Waals surface area contributed by atoms with Crippen LogP contribution in [0.2, 0.25) is 0 Å². The molecule has 1 aliphatic heterocycles. The SMILES string of the molecule is Cc1noc(C)c1S(=O)(=O)N1CCN(C2CC2)c2ccccc21. The average Bonchev–Trinajstić information content (AvgIpc) is 3.31. The van der Waals surface area contributed by atoms with E-state index in [1.54, 1.807) is 13.8 Å². The third-order valence-electron chi connectivity index (χ3n) is 4.51. The van der Waals surface area contributed by atoms with Crippen LogP contribution in [0.3, 0.4) is 0 Å². The quantitative estimate of drug-likeness (QED) is 0.863. The lowest BCUT2D eigenvalue weighted by atomic mass is 10.2. The van der Waals surface area contributed by atoms with Crippen molar-refractivity contribution >= 4 is 21.4 Å². The number of hydrogen-bond donors (Lipinski definition) is 0. The molecule has 6 nitrogen and oxygen atoms in total. The van der Waals surface area contributed by atoms with Crippen LogP contribution in [0.25, 0.3) is 0 Å². The highest BCUT2D eigenvalue weighted by Crippen LogP contribution is 2.42. The highest BCUT2D eigenvalue weighted by molar-refractivity contribution is 7.93. The van der Waals surface area contributed by atoms with E-state index in [0.717, 1.165) is 11.4 Å². The third kappa shape index (κ3) is 2.22. The number of benzene rings is 1.